The van der Waals surface area contributed by atoms with E-state index >= 15 is 0 Å². The number of carbonyl (C=O) groups excluding carboxylic acids is 1. The Balaban J connectivity index is 2.58. The van der Waals surface area contributed by atoms with E-state index in [1.165, 1.54) is 7.11 Å². The van der Waals surface area contributed by atoms with E-state index in [1.54, 1.807) is 7.11 Å². The van der Waals surface area contributed by atoms with Crippen LogP contribution >= 0.6 is 15.9 Å². The van der Waals surface area contributed by atoms with Crippen molar-refractivity contribution in [1.82, 2.24) is 0 Å². The van der Waals surface area contributed by atoms with Crippen molar-refractivity contribution >= 4 is 27.6 Å². The largest absolute Gasteiger partial charge is 0.496 e. The average molecular weight is 302 g/mol. The fraction of sp³-hybridized carbons (Fsp3) is 0.417. The van der Waals surface area contributed by atoms with Crippen LogP contribution in [0.5, 0.6) is 5.75 Å². The Morgan fingerprint density at radius 2 is 2.18 bits per heavy atom. The van der Waals surface area contributed by atoms with Gasteiger partial charge in [0, 0.05) is 12.2 Å². The van der Waals surface area contributed by atoms with Gasteiger partial charge < -0.3 is 14.8 Å². The topological polar surface area (TPSA) is 47.6 Å². The van der Waals surface area contributed by atoms with Crippen LogP contribution in [-0.4, -0.2) is 26.7 Å². The van der Waals surface area contributed by atoms with Crippen molar-refractivity contribution < 1.29 is 14.3 Å². The fourth-order valence-corrected chi connectivity index (χ4v) is 1.87. The van der Waals surface area contributed by atoms with Crippen LogP contribution in [0.3, 0.4) is 0 Å². The number of anilines is 1. The van der Waals surface area contributed by atoms with Crippen molar-refractivity contribution in [3.8, 4) is 5.75 Å². The molecule has 1 unspecified atom stereocenters. The quantitative estimate of drug-likeness (QED) is 0.850. The molecule has 5 heteroatoms. The number of benzene rings is 1. The summed E-state index contributed by atoms with van der Waals surface area (Å²) >= 11 is 3.40. The van der Waals surface area contributed by atoms with Crippen LogP contribution < -0.4 is 10.1 Å². The van der Waals surface area contributed by atoms with Crippen molar-refractivity contribution in [2.24, 2.45) is 5.92 Å². The second-order valence-corrected chi connectivity index (χ2v) is 4.51. The van der Waals surface area contributed by atoms with Crippen LogP contribution in [0.4, 0.5) is 5.69 Å². The Kier molecular flexibility index (Phi) is 5.28. The minimum absolute atomic E-state index is 0.180. The lowest BCUT2D eigenvalue weighted by Gasteiger charge is -2.12. The summed E-state index contributed by atoms with van der Waals surface area (Å²) in [5.74, 6) is 0.377. The molecule has 0 radical (unpaired) electrons. The van der Waals surface area contributed by atoms with Gasteiger partial charge in [-0.1, -0.05) is 6.92 Å². The summed E-state index contributed by atoms with van der Waals surface area (Å²) < 4.78 is 10.7. The van der Waals surface area contributed by atoms with E-state index in [0.717, 1.165) is 15.9 Å². The molecule has 4 nitrogen and oxygen atoms in total. The zero-order valence-corrected chi connectivity index (χ0v) is 11.7. The van der Waals surface area contributed by atoms with Crippen LogP contribution in [0.2, 0.25) is 0 Å². The van der Waals surface area contributed by atoms with Crippen molar-refractivity contribution in [3.63, 3.8) is 0 Å². The molecule has 0 heterocycles. The summed E-state index contributed by atoms with van der Waals surface area (Å²) in [5.41, 5.74) is 0.924. The number of rotatable bonds is 5. The predicted molar refractivity (Wildman–Crippen MR) is 70.4 cm³/mol. The summed E-state index contributed by atoms with van der Waals surface area (Å²) in [5, 5.41) is 3.17. The van der Waals surface area contributed by atoms with E-state index in [1.807, 2.05) is 25.1 Å². The molecule has 1 aromatic carbocycles. The van der Waals surface area contributed by atoms with E-state index in [0.29, 0.717) is 6.54 Å². The van der Waals surface area contributed by atoms with E-state index in [9.17, 15) is 4.79 Å². The molecule has 0 aliphatic heterocycles. The molecule has 0 amide bonds. The van der Waals surface area contributed by atoms with Gasteiger partial charge in [0.15, 0.2) is 0 Å². The zero-order valence-electron chi connectivity index (χ0n) is 10.1. The number of esters is 1. The summed E-state index contributed by atoms with van der Waals surface area (Å²) in [6.07, 6.45) is 0. The first-order chi connectivity index (χ1) is 8.08. The van der Waals surface area contributed by atoms with Crippen molar-refractivity contribution in [1.29, 1.82) is 0 Å². The highest BCUT2D eigenvalue weighted by molar-refractivity contribution is 9.10. The van der Waals surface area contributed by atoms with Crippen molar-refractivity contribution in [3.05, 3.63) is 22.7 Å². The second kappa shape index (κ2) is 6.49. The van der Waals surface area contributed by atoms with Crippen molar-refractivity contribution in [2.45, 2.75) is 6.92 Å². The average Bonchev–Trinajstić information content (AvgIpc) is 2.35. The molecule has 1 aromatic rings. The molecular weight excluding hydrogens is 286 g/mol. The highest BCUT2D eigenvalue weighted by Gasteiger charge is 2.12. The Morgan fingerprint density at radius 3 is 2.71 bits per heavy atom. The molecule has 94 valence electrons. The van der Waals surface area contributed by atoms with Gasteiger partial charge in [0.05, 0.1) is 24.6 Å². The fourth-order valence-electron chi connectivity index (χ4n) is 1.33. The maximum Gasteiger partial charge on any atom is 0.310 e. The van der Waals surface area contributed by atoms with Crippen LogP contribution in [0.1, 0.15) is 6.92 Å². The van der Waals surface area contributed by atoms with Gasteiger partial charge >= 0.3 is 5.97 Å². The van der Waals surface area contributed by atoms with E-state index in [-0.39, 0.29) is 11.9 Å². The summed E-state index contributed by atoms with van der Waals surface area (Å²) in [6.45, 7) is 2.35. The molecule has 0 saturated carbocycles. The first-order valence-corrected chi connectivity index (χ1v) is 6.03. The molecule has 0 aliphatic rings. The van der Waals surface area contributed by atoms with Crippen LogP contribution in [0, 0.1) is 5.92 Å². The summed E-state index contributed by atoms with van der Waals surface area (Å²) in [4.78, 5) is 11.2. The Hall–Kier alpha value is -1.23. The molecular formula is C12H16BrNO3. The third-order valence-electron chi connectivity index (χ3n) is 2.37. The lowest BCUT2D eigenvalue weighted by molar-refractivity contribution is -0.144. The molecule has 1 N–H and O–H groups in total. The maximum absolute atomic E-state index is 11.2. The van der Waals surface area contributed by atoms with Crippen LogP contribution in [0.25, 0.3) is 0 Å². The molecule has 1 rings (SSSR count). The van der Waals surface area contributed by atoms with Gasteiger partial charge in [0.1, 0.15) is 5.75 Å². The molecule has 1 atom stereocenters. The molecule has 0 spiro atoms. The number of halogens is 1. The number of ether oxygens (including phenoxy) is 2. The third-order valence-corrected chi connectivity index (χ3v) is 2.99. The molecule has 0 aromatic heterocycles. The van der Waals surface area contributed by atoms with Crippen molar-refractivity contribution in [2.75, 3.05) is 26.1 Å². The number of hydrogen-bond donors (Lipinski definition) is 1. The minimum atomic E-state index is -0.218. The highest BCUT2D eigenvalue weighted by atomic mass is 79.9. The first-order valence-electron chi connectivity index (χ1n) is 5.23. The third kappa shape index (κ3) is 3.93. The molecule has 17 heavy (non-hydrogen) atoms. The van der Waals surface area contributed by atoms with Gasteiger partial charge in [-0.2, -0.15) is 0 Å². The van der Waals surface area contributed by atoms with Gasteiger partial charge in [-0.15, -0.1) is 0 Å². The number of carbonyl (C=O) groups is 1. The Labute approximate surface area is 109 Å². The molecule has 0 aliphatic carbocycles. The summed E-state index contributed by atoms with van der Waals surface area (Å²) in [7, 11) is 3.01. The van der Waals surface area contributed by atoms with Gasteiger partial charge in [-0.05, 0) is 34.1 Å². The molecule has 0 saturated heterocycles. The van der Waals surface area contributed by atoms with Gasteiger partial charge in [-0.25, -0.2) is 0 Å². The van der Waals surface area contributed by atoms with E-state index in [2.05, 4.69) is 26.0 Å². The van der Waals surface area contributed by atoms with Crippen LogP contribution in [0.15, 0.2) is 22.7 Å². The SMILES string of the molecule is COC(=O)C(C)CNc1ccc(OC)c(Br)c1. The normalized spacial score (nSPS) is 11.8. The monoisotopic (exact) mass is 301 g/mol. The van der Waals surface area contributed by atoms with E-state index < -0.39 is 0 Å². The van der Waals surface area contributed by atoms with Gasteiger partial charge in [0.2, 0.25) is 0 Å². The number of nitrogens with one attached hydrogen (secondary N) is 1. The smallest absolute Gasteiger partial charge is 0.310 e. The number of hydrogen-bond acceptors (Lipinski definition) is 4. The Morgan fingerprint density at radius 1 is 1.47 bits per heavy atom. The van der Waals surface area contributed by atoms with Gasteiger partial charge in [0.25, 0.3) is 0 Å². The van der Waals surface area contributed by atoms with Gasteiger partial charge in [-0.3, -0.25) is 4.79 Å². The number of methoxy groups -OCH3 is 2. The zero-order chi connectivity index (χ0) is 12.8. The molecule has 0 bridgehead atoms. The maximum atomic E-state index is 11.2. The molecule has 0 fully saturated rings. The van der Waals surface area contributed by atoms with Crippen LogP contribution in [-0.2, 0) is 9.53 Å². The van der Waals surface area contributed by atoms with E-state index in [4.69, 9.17) is 4.74 Å². The Bertz CT molecular complexity index is 395. The second-order valence-electron chi connectivity index (χ2n) is 3.65. The summed E-state index contributed by atoms with van der Waals surface area (Å²) in [6, 6.07) is 5.66. The predicted octanol–water partition coefficient (Wildman–Crippen LogP) is 2.68. The lowest BCUT2D eigenvalue weighted by Crippen LogP contribution is -2.21. The highest BCUT2D eigenvalue weighted by Crippen LogP contribution is 2.27. The first kappa shape index (κ1) is 13.8. The lowest BCUT2D eigenvalue weighted by atomic mass is 10.2. The minimum Gasteiger partial charge on any atom is -0.496 e. The standard InChI is InChI=1S/C12H16BrNO3/c1-8(12(15)17-3)7-14-9-4-5-11(16-2)10(13)6-9/h4-6,8,14H,7H2,1-3H3.